The van der Waals surface area contributed by atoms with Crippen LogP contribution in [0.2, 0.25) is 0 Å². The average Bonchev–Trinajstić information content (AvgIpc) is 2.53. The maximum atomic E-state index is 13.1. The molecule has 0 bridgehead atoms. The molecule has 1 aromatic carbocycles. The molecule has 0 saturated carbocycles. The highest BCUT2D eigenvalue weighted by atomic mass is 31.2. The van der Waals surface area contributed by atoms with E-state index in [1.54, 1.807) is 18.2 Å². The van der Waals surface area contributed by atoms with E-state index in [1.165, 1.54) is 12.1 Å². The fourth-order valence-electron chi connectivity index (χ4n) is 1.92. The molecule has 0 aliphatic heterocycles. The molecule has 0 radical (unpaired) electrons. The summed E-state index contributed by atoms with van der Waals surface area (Å²) >= 11 is 0. The average molecular weight is 364 g/mol. The second-order valence-electron chi connectivity index (χ2n) is 5.31. The van der Waals surface area contributed by atoms with Crippen molar-refractivity contribution < 1.29 is 26.8 Å². The Morgan fingerprint density at radius 3 is 1.96 bits per heavy atom. The zero-order valence-electron chi connectivity index (χ0n) is 14.0. The second-order valence-corrected chi connectivity index (χ2v) is 7.30. The van der Waals surface area contributed by atoms with Crippen LogP contribution >= 0.6 is 7.60 Å². The summed E-state index contributed by atoms with van der Waals surface area (Å²) in [5, 5.41) is -0.442. The molecule has 0 aliphatic rings. The van der Waals surface area contributed by atoms with Crippen molar-refractivity contribution in [2.75, 3.05) is 13.2 Å². The maximum absolute atomic E-state index is 13.1. The summed E-state index contributed by atoms with van der Waals surface area (Å²) in [6.45, 7) is 4.00. The molecule has 0 amide bonds. The van der Waals surface area contributed by atoms with Crippen molar-refractivity contribution in [3.8, 4) is 0 Å². The Bertz CT molecular complexity index is 542. The van der Waals surface area contributed by atoms with E-state index in [9.17, 15) is 17.7 Å². The van der Waals surface area contributed by atoms with E-state index in [0.29, 0.717) is 12.8 Å². The van der Waals surface area contributed by atoms with E-state index in [-0.39, 0.29) is 24.9 Å². The minimum absolute atomic E-state index is 0.0288. The molecule has 1 rings (SSSR count). The number of rotatable bonds is 10. The fourth-order valence-corrected chi connectivity index (χ4v) is 3.78. The van der Waals surface area contributed by atoms with E-state index in [0.717, 1.165) is 12.8 Å². The third kappa shape index (κ3) is 7.20. The van der Waals surface area contributed by atoms with Crippen LogP contribution in [0.5, 0.6) is 0 Å². The molecule has 0 fully saturated rings. The molecule has 24 heavy (non-hydrogen) atoms. The summed E-state index contributed by atoms with van der Waals surface area (Å²) in [6.07, 6.45) is -1.86. The summed E-state index contributed by atoms with van der Waals surface area (Å²) in [6, 6.07) is 7.78. The topological polar surface area (TPSA) is 35.5 Å². The molecule has 7 heteroatoms. The molecule has 0 N–H and O–H groups in total. The van der Waals surface area contributed by atoms with Crippen LogP contribution < -0.4 is 0 Å². The minimum atomic E-state index is -4.62. The number of hydrogen-bond donors (Lipinski definition) is 0. The van der Waals surface area contributed by atoms with Gasteiger partial charge in [0.05, 0.1) is 18.5 Å². The van der Waals surface area contributed by atoms with Gasteiger partial charge in [0.1, 0.15) is 0 Å². The van der Waals surface area contributed by atoms with Crippen molar-refractivity contribution in [2.24, 2.45) is 0 Å². The Kier molecular flexibility index (Phi) is 8.74. The van der Waals surface area contributed by atoms with Crippen molar-refractivity contribution in [3.05, 3.63) is 42.0 Å². The fraction of sp³-hybridized carbons (Fsp3) is 0.529. The van der Waals surface area contributed by atoms with Crippen LogP contribution in [-0.4, -0.2) is 19.4 Å². The van der Waals surface area contributed by atoms with Crippen molar-refractivity contribution in [3.63, 3.8) is 0 Å². The zero-order chi connectivity index (χ0) is 18.1. The van der Waals surface area contributed by atoms with Gasteiger partial charge in [0.25, 0.3) is 0 Å². The number of alkyl halides is 3. The Hall–Kier alpha value is -1.10. The predicted molar refractivity (Wildman–Crippen MR) is 89.8 cm³/mol. The van der Waals surface area contributed by atoms with Crippen molar-refractivity contribution in [2.45, 2.75) is 45.7 Å². The number of halogens is 3. The first kappa shape index (κ1) is 20.9. The van der Waals surface area contributed by atoms with E-state index in [2.05, 4.69) is 0 Å². The van der Waals surface area contributed by atoms with Gasteiger partial charge in [-0.15, -0.1) is 0 Å². The number of benzene rings is 1. The minimum Gasteiger partial charge on any atom is -0.305 e. The van der Waals surface area contributed by atoms with Crippen LogP contribution in [0.3, 0.4) is 0 Å². The zero-order valence-corrected chi connectivity index (χ0v) is 14.9. The third-order valence-corrected chi connectivity index (χ3v) is 5.21. The van der Waals surface area contributed by atoms with Crippen molar-refractivity contribution in [1.29, 1.82) is 0 Å². The molecular weight excluding hydrogens is 340 g/mol. The monoisotopic (exact) mass is 364 g/mol. The van der Waals surface area contributed by atoms with Crippen LogP contribution in [0, 0.1) is 0 Å². The predicted octanol–water partition coefficient (Wildman–Crippen LogP) is 6.42. The van der Waals surface area contributed by atoms with Gasteiger partial charge in [0, 0.05) is 6.08 Å². The molecule has 0 heterocycles. The van der Waals surface area contributed by atoms with Gasteiger partial charge in [-0.2, -0.15) is 13.2 Å². The maximum Gasteiger partial charge on any atom is 0.410 e. The smallest absolute Gasteiger partial charge is 0.305 e. The van der Waals surface area contributed by atoms with Gasteiger partial charge in [-0.05, 0) is 18.4 Å². The van der Waals surface area contributed by atoms with Gasteiger partial charge in [-0.25, -0.2) is 0 Å². The lowest BCUT2D eigenvalue weighted by molar-refractivity contribution is -0.0793. The van der Waals surface area contributed by atoms with Gasteiger partial charge < -0.3 is 9.05 Å². The van der Waals surface area contributed by atoms with E-state index >= 15 is 0 Å². The highest BCUT2D eigenvalue weighted by molar-refractivity contribution is 7.65. The highest BCUT2D eigenvalue weighted by Crippen LogP contribution is 2.61. The first-order valence-corrected chi connectivity index (χ1v) is 9.61. The standard InChI is InChI=1S/C17H24F3O3P/c1-3-5-12-22-24(21,23-13-6-4-2)16(14-17(18,19)20)15-10-8-7-9-11-15/h7-11,14H,3-6,12-13H2,1-2H3. The largest absolute Gasteiger partial charge is 0.410 e. The summed E-state index contributed by atoms with van der Waals surface area (Å²) in [5.74, 6) is 0. The van der Waals surface area contributed by atoms with E-state index in [1.807, 2.05) is 13.8 Å². The lowest BCUT2D eigenvalue weighted by atomic mass is 10.2. The quantitative estimate of drug-likeness (QED) is 0.355. The molecule has 136 valence electrons. The first-order chi connectivity index (χ1) is 11.3. The molecule has 1 aromatic rings. The Morgan fingerprint density at radius 1 is 1.04 bits per heavy atom. The molecule has 0 unspecified atom stereocenters. The SMILES string of the molecule is CCCCOP(=O)(OCCCC)C(=CC(F)(F)F)c1ccccc1. The van der Waals surface area contributed by atoms with Gasteiger partial charge in [-0.3, -0.25) is 4.57 Å². The molecule has 0 spiro atoms. The summed E-state index contributed by atoms with van der Waals surface area (Å²) in [5.41, 5.74) is 0.186. The Balaban J connectivity index is 3.23. The van der Waals surface area contributed by atoms with Gasteiger partial charge in [-0.1, -0.05) is 57.0 Å². The second kappa shape index (κ2) is 10.0. The van der Waals surface area contributed by atoms with Crippen LogP contribution in [0.15, 0.2) is 36.4 Å². The molecule has 0 aromatic heterocycles. The summed E-state index contributed by atoms with van der Waals surface area (Å²) in [4.78, 5) is 0. The van der Waals surface area contributed by atoms with Crippen LogP contribution in [0.1, 0.15) is 45.1 Å². The molecule has 3 nitrogen and oxygen atoms in total. The molecular formula is C17H24F3O3P. The van der Waals surface area contributed by atoms with Crippen molar-refractivity contribution >= 4 is 12.9 Å². The third-order valence-electron chi connectivity index (χ3n) is 3.18. The summed E-state index contributed by atoms with van der Waals surface area (Å²) in [7, 11) is -4.07. The number of hydrogen-bond acceptors (Lipinski definition) is 3. The lowest BCUT2D eigenvalue weighted by Crippen LogP contribution is -2.07. The lowest BCUT2D eigenvalue weighted by Gasteiger charge is -2.22. The molecule has 0 aliphatic carbocycles. The Labute approximate surface area is 141 Å². The molecule has 0 saturated heterocycles. The van der Waals surface area contributed by atoms with Crippen LogP contribution in [0.25, 0.3) is 5.31 Å². The van der Waals surface area contributed by atoms with Crippen LogP contribution in [-0.2, 0) is 13.6 Å². The van der Waals surface area contributed by atoms with Crippen molar-refractivity contribution in [1.82, 2.24) is 0 Å². The Morgan fingerprint density at radius 2 is 1.54 bits per heavy atom. The first-order valence-electron chi connectivity index (χ1n) is 8.07. The highest BCUT2D eigenvalue weighted by Gasteiger charge is 2.36. The number of unbranched alkanes of at least 4 members (excludes halogenated alkanes) is 2. The summed E-state index contributed by atoms with van der Waals surface area (Å²) < 4.78 is 62.8. The normalized spacial score (nSPS) is 13.3. The van der Waals surface area contributed by atoms with Crippen LogP contribution in [0.4, 0.5) is 13.2 Å². The van der Waals surface area contributed by atoms with E-state index < -0.39 is 19.1 Å². The van der Waals surface area contributed by atoms with E-state index in [4.69, 9.17) is 9.05 Å². The van der Waals surface area contributed by atoms with Gasteiger partial charge in [0.15, 0.2) is 0 Å². The molecule has 0 atom stereocenters. The van der Waals surface area contributed by atoms with Gasteiger partial charge in [0.2, 0.25) is 0 Å². The van der Waals surface area contributed by atoms with Gasteiger partial charge >= 0.3 is 13.8 Å². The number of allylic oxidation sites excluding steroid dienone is 1.